The van der Waals surface area contributed by atoms with Gasteiger partial charge in [-0.3, -0.25) is 0 Å². The van der Waals surface area contributed by atoms with Gasteiger partial charge in [0.15, 0.2) is 0 Å². The first kappa shape index (κ1) is 11.7. The van der Waals surface area contributed by atoms with Gasteiger partial charge in [0.2, 0.25) is 0 Å². The van der Waals surface area contributed by atoms with Gasteiger partial charge in [-0.25, -0.2) is 0 Å². The molecule has 0 saturated carbocycles. The van der Waals surface area contributed by atoms with Gasteiger partial charge in [0.25, 0.3) is 0 Å². The van der Waals surface area contributed by atoms with E-state index in [2.05, 4.69) is 60.7 Å². The first-order valence-electron chi connectivity index (χ1n) is 7.16. The second-order valence-electron chi connectivity index (χ2n) is 5.56. The van der Waals surface area contributed by atoms with Crippen LogP contribution in [0.3, 0.4) is 0 Å². The van der Waals surface area contributed by atoms with Crippen LogP contribution in [0.1, 0.15) is 28.2 Å². The smallest absolute Gasteiger partial charge is 0.0218 e. The molecule has 1 aliphatic rings. The average molecular weight is 259 g/mol. The summed E-state index contributed by atoms with van der Waals surface area (Å²) in [5.74, 6) is 0.333. The SMILES string of the molecule is NCC1c2ccccc2Cc2cc3ccccc3cc21. The minimum Gasteiger partial charge on any atom is -0.330 e. The molecule has 0 saturated heterocycles. The third-order valence-electron chi connectivity index (χ3n) is 4.43. The van der Waals surface area contributed by atoms with Crippen molar-refractivity contribution >= 4 is 10.8 Å². The van der Waals surface area contributed by atoms with Crippen LogP contribution in [0.2, 0.25) is 0 Å². The van der Waals surface area contributed by atoms with Crippen molar-refractivity contribution in [2.75, 3.05) is 6.54 Å². The summed E-state index contributed by atoms with van der Waals surface area (Å²) in [7, 11) is 0. The van der Waals surface area contributed by atoms with Crippen LogP contribution in [0.25, 0.3) is 10.8 Å². The van der Waals surface area contributed by atoms with Crippen molar-refractivity contribution in [3.63, 3.8) is 0 Å². The summed E-state index contributed by atoms with van der Waals surface area (Å²) >= 11 is 0. The molecule has 0 bridgehead atoms. The minimum atomic E-state index is 0.333. The molecule has 0 heterocycles. The van der Waals surface area contributed by atoms with E-state index in [1.165, 1.54) is 33.0 Å². The molecule has 1 unspecified atom stereocenters. The fourth-order valence-corrected chi connectivity index (χ4v) is 3.44. The highest BCUT2D eigenvalue weighted by Gasteiger charge is 2.24. The molecule has 0 amide bonds. The zero-order valence-electron chi connectivity index (χ0n) is 11.3. The molecule has 4 rings (SSSR count). The van der Waals surface area contributed by atoms with Gasteiger partial charge >= 0.3 is 0 Å². The van der Waals surface area contributed by atoms with Crippen molar-refractivity contribution < 1.29 is 0 Å². The van der Waals surface area contributed by atoms with Crippen molar-refractivity contribution in [3.05, 3.63) is 82.9 Å². The number of hydrogen-bond donors (Lipinski definition) is 1. The molecule has 3 aromatic carbocycles. The van der Waals surface area contributed by atoms with Crippen LogP contribution in [-0.4, -0.2) is 6.54 Å². The topological polar surface area (TPSA) is 26.0 Å². The Hall–Kier alpha value is -2.12. The molecule has 0 aliphatic heterocycles. The number of hydrogen-bond acceptors (Lipinski definition) is 1. The van der Waals surface area contributed by atoms with Crippen LogP contribution in [-0.2, 0) is 6.42 Å². The Labute approximate surface area is 119 Å². The summed E-state index contributed by atoms with van der Waals surface area (Å²) in [6.07, 6.45) is 1.02. The monoisotopic (exact) mass is 259 g/mol. The molecule has 1 aliphatic carbocycles. The van der Waals surface area contributed by atoms with E-state index in [0.29, 0.717) is 12.5 Å². The maximum atomic E-state index is 6.08. The van der Waals surface area contributed by atoms with Crippen molar-refractivity contribution in [2.24, 2.45) is 5.73 Å². The molecule has 3 aromatic rings. The van der Waals surface area contributed by atoms with Crippen LogP contribution < -0.4 is 5.73 Å². The van der Waals surface area contributed by atoms with Gasteiger partial charge in [-0.1, -0.05) is 60.7 Å². The van der Waals surface area contributed by atoms with E-state index in [1.807, 2.05) is 0 Å². The molecular weight excluding hydrogens is 242 g/mol. The fourth-order valence-electron chi connectivity index (χ4n) is 3.44. The molecule has 1 atom stereocenters. The van der Waals surface area contributed by atoms with Crippen molar-refractivity contribution in [1.29, 1.82) is 0 Å². The Morgan fingerprint density at radius 2 is 1.50 bits per heavy atom. The third-order valence-corrected chi connectivity index (χ3v) is 4.43. The van der Waals surface area contributed by atoms with E-state index in [0.717, 1.165) is 6.42 Å². The van der Waals surface area contributed by atoms with E-state index in [1.54, 1.807) is 0 Å². The van der Waals surface area contributed by atoms with Crippen LogP contribution in [0.15, 0.2) is 60.7 Å². The van der Waals surface area contributed by atoms with Gasteiger partial charge in [-0.2, -0.15) is 0 Å². The van der Waals surface area contributed by atoms with Crippen LogP contribution >= 0.6 is 0 Å². The summed E-state index contributed by atoms with van der Waals surface area (Å²) in [6.45, 7) is 0.669. The van der Waals surface area contributed by atoms with Crippen molar-refractivity contribution in [3.8, 4) is 0 Å². The molecule has 0 fully saturated rings. The average Bonchev–Trinajstić information content (AvgIpc) is 2.50. The Morgan fingerprint density at radius 1 is 0.800 bits per heavy atom. The lowest BCUT2D eigenvalue weighted by Gasteiger charge is -2.28. The first-order chi connectivity index (χ1) is 9.86. The molecular formula is C19H17N. The standard InChI is InChI=1S/C19H17N/c20-12-19-17-8-4-3-7-15(17)10-16-9-13-5-1-2-6-14(13)11-18(16)19/h1-9,11,19H,10,12,20H2. The van der Waals surface area contributed by atoms with E-state index < -0.39 is 0 Å². The molecule has 0 spiro atoms. The van der Waals surface area contributed by atoms with Gasteiger partial charge in [0.05, 0.1) is 0 Å². The molecule has 0 aromatic heterocycles. The van der Waals surface area contributed by atoms with Crippen LogP contribution in [0, 0.1) is 0 Å². The summed E-state index contributed by atoms with van der Waals surface area (Å²) in [4.78, 5) is 0. The molecule has 0 radical (unpaired) electrons. The van der Waals surface area contributed by atoms with Gasteiger partial charge in [-0.15, -0.1) is 0 Å². The Kier molecular flexibility index (Phi) is 2.61. The summed E-state index contributed by atoms with van der Waals surface area (Å²) in [5, 5.41) is 2.63. The lowest BCUT2D eigenvalue weighted by atomic mass is 9.77. The molecule has 1 nitrogen and oxygen atoms in total. The predicted octanol–water partition coefficient (Wildman–Crippen LogP) is 3.83. The lowest BCUT2D eigenvalue weighted by molar-refractivity contribution is 0.775. The Morgan fingerprint density at radius 3 is 2.30 bits per heavy atom. The van der Waals surface area contributed by atoms with Gasteiger partial charge in [-0.05, 0) is 39.4 Å². The third kappa shape index (κ3) is 1.67. The van der Waals surface area contributed by atoms with Gasteiger partial charge in [0.1, 0.15) is 0 Å². The number of fused-ring (bicyclic) bond motifs is 3. The fraction of sp³-hybridized carbons (Fsp3) is 0.158. The van der Waals surface area contributed by atoms with Crippen LogP contribution in [0.4, 0.5) is 0 Å². The Balaban J connectivity index is 1.98. The van der Waals surface area contributed by atoms with Gasteiger partial charge in [0, 0.05) is 12.5 Å². The maximum absolute atomic E-state index is 6.08. The van der Waals surface area contributed by atoms with E-state index in [4.69, 9.17) is 5.73 Å². The largest absolute Gasteiger partial charge is 0.330 e. The quantitative estimate of drug-likeness (QED) is 0.706. The maximum Gasteiger partial charge on any atom is 0.0218 e. The number of nitrogens with two attached hydrogens (primary N) is 1. The Bertz CT molecular complexity index is 789. The minimum absolute atomic E-state index is 0.333. The molecule has 98 valence electrons. The van der Waals surface area contributed by atoms with Crippen molar-refractivity contribution in [2.45, 2.75) is 12.3 Å². The second-order valence-corrected chi connectivity index (χ2v) is 5.56. The normalized spacial score (nSPS) is 16.8. The second kappa shape index (κ2) is 4.46. The zero-order chi connectivity index (χ0) is 13.5. The van der Waals surface area contributed by atoms with E-state index in [-0.39, 0.29) is 0 Å². The predicted molar refractivity (Wildman–Crippen MR) is 84.1 cm³/mol. The summed E-state index contributed by atoms with van der Waals surface area (Å²) in [5.41, 5.74) is 11.7. The van der Waals surface area contributed by atoms with Gasteiger partial charge < -0.3 is 5.73 Å². The highest BCUT2D eigenvalue weighted by molar-refractivity contribution is 5.85. The first-order valence-corrected chi connectivity index (χ1v) is 7.16. The van der Waals surface area contributed by atoms with E-state index in [9.17, 15) is 0 Å². The van der Waals surface area contributed by atoms with Crippen molar-refractivity contribution in [1.82, 2.24) is 0 Å². The number of benzene rings is 3. The summed E-state index contributed by atoms with van der Waals surface area (Å²) in [6, 6.07) is 21.9. The molecule has 20 heavy (non-hydrogen) atoms. The van der Waals surface area contributed by atoms with Crippen LogP contribution in [0.5, 0.6) is 0 Å². The molecule has 1 heteroatoms. The highest BCUT2D eigenvalue weighted by atomic mass is 14.6. The molecule has 2 N–H and O–H groups in total. The number of rotatable bonds is 1. The zero-order valence-corrected chi connectivity index (χ0v) is 11.3. The van der Waals surface area contributed by atoms with E-state index >= 15 is 0 Å². The lowest BCUT2D eigenvalue weighted by Crippen LogP contribution is -2.21. The highest BCUT2D eigenvalue weighted by Crippen LogP contribution is 2.37. The summed E-state index contributed by atoms with van der Waals surface area (Å²) < 4.78 is 0.